The standard InChI is InChI=1S/C19H35N9O8/c20-4-2-1-3-12(18(22)35)28-17(34)9-26-15(32)7-24-13(30)5-23-14(31)6-25-16(33)8-27-19(36)11(21)10-29/h11-12,29H,1-10,20-21H2,(H2,22,35)(H,23,31)(H,24,30)(H,25,33)(H,26,32)(H,27,36)(H,28,34)/t11-,12-/m0/s1. The number of carbonyl (C=O) groups excluding carboxylic acids is 7. The van der Waals surface area contributed by atoms with Gasteiger partial charge in [0.15, 0.2) is 0 Å². The molecule has 0 heterocycles. The molecule has 0 aromatic heterocycles. The first-order valence-corrected chi connectivity index (χ1v) is 11.0. The van der Waals surface area contributed by atoms with Gasteiger partial charge in [0.05, 0.1) is 39.3 Å². The van der Waals surface area contributed by atoms with Crippen LogP contribution in [-0.4, -0.2) is 104 Å². The van der Waals surface area contributed by atoms with Crippen LogP contribution in [0.2, 0.25) is 0 Å². The van der Waals surface area contributed by atoms with Crippen LogP contribution in [0.25, 0.3) is 0 Å². The second kappa shape index (κ2) is 18.5. The summed E-state index contributed by atoms with van der Waals surface area (Å²) in [7, 11) is 0. The largest absolute Gasteiger partial charge is 0.394 e. The van der Waals surface area contributed by atoms with Gasteiger partial charge in [-0.1, -0.05) is 0 Å². The molecule has 0 saturated carbocycles. The summed E-state index contributed by atoms with van der Waals surface area (Å²) in [5.41, 5.74) is 15.9. The lowest BCUT2D eigenvalue weighted by Crippen LogP contribution is -2.49. The molecule has 0 bridgehead atoms. The van der Waals surface area contributed by atoms with E-state index in [1.54, 1.807) is 0 Å². The van der Waals surface area contributed by atoms with Crippen molar-refractivity contribution in [3.05, 3.63) is 0 Å². The van der Waals surface area contributed by atoms with Gasteiger partial charge < -0.3 is 54.2 Å². The predicted octanol–water partition coefficient (Wildman–Crippen LogP) is -7.01. The Balaban J connectivity index is 4.07. The molecule has 0 spiro atoms. The molecule has 13 N–H and O–H groups in total. The fourth-order valence-corrected chi connectivity index (χ4v) is 2.37. The van der Waals surface area contributed by atoms with Crippen LogP contribution >= 0.6 is 0 Å². The monoisotopic (exact) mass is 517 g/mol. The van der Waals surface area contributed by atoms with Crippen LogP contribution in [-0.2, 0) is 33.6 Å². The van der Waals surface area contributed by atoms with Gasteiger partial charge >= 0.3 is 0 Å². The predicted molar refractivity (Wildman–Crippen MR) is 124 cm³/mol. The third-order valence-corrected chi connectivity index (χ3v) is 4.37. The van der Waals surface area contributed by atoms with E-state index in [2.05, 4.69) is 31.9 Å². The maximum atomic E-state index is 11.9. The highest BCUT2D eigenvalue weighted by Crippen LogP contribution is 1.99. The molecule has 36 heavy (non-hydrogen) atoms. The second-order valence-corrected chi connectivity index (χ2v) is 7.42. The molecular formula is C19H35N9O8. The summed E-state index contributed by atoms with van der Waals surface area (Å²) in [6.45, 7) is -2.53. The fourth-order valence-electron chi connectivity index (χ4n) is 2.37. The zero-order chi connectivity index (χ0) is 27.5. The van der Waals surface area contributed by atoms with Crippen molar-refractivity contribution < 1.29 is 38.7 Å². The van der Waals surface area contributed by atoms with Crippen LogP contribution in [0.4, 0.5) is 0 Å². The maximum Gasteiger partial charge on any atom is 0.240 e. The fraction of sp³-hybridized carbons (Fsp3) is 0.632. The van der Waals surface area contributed by atoms with E-state index in [4.69, 9.17) is 22.3 Å². The highest BCUT2D eigenvalue weighted by molar-refractivity contribution is 5.92. The topological polar surface area (TPSA) is 290 Å². The molecule has 7 amide bonds. The Labute approximate surface area is 207 Å². The average Bonchev–Trinajstić information content (AvgIpc) is 2.85. The molecule has 0 saturated heterocycles. The molecule has 0 unspecified atom stereocenters. The number of aliphatic hydroxyl groups excluding tert-OH is 1. The Morgan fingerprint density at radius 2 is 1.08 bits per heavy atom. The van der Waals surface area contributed by atoms with Gasteiger partial charge in [0, 0.05) is 0 Å². The summed E-state index contributed by atoms with van der Waals surface area (Å²) >= 11 is 0. The van der Waals surface area contributed by atoms with Gasteiger partial charge in [0.2, 0.25) is 41.4 Å². The number of hydrogen-bond donors (Lipinski definition) is 10. The van der Waals surface area contributed by atoms with Gasteiger partial charge in [0.25, 0.3) is 0 Å². The number of primary amides is 1. The van der Waals surface area contributed by atoms with Crippen LogP contribution in [0, 0.1) is 0 Å². The maximum absolute atomic E-state index is 11.9. The van der Waals surface area contributed by atoms with E-state index in [1.807, 2.05) is 0 Å². The quantitative estimate of drug-likeness (QED) is 0.0766. The third-order valence-electron chi connectivity index (χ3n) is 4.37. The minimum atomic E-state index is -1.18. The first-order chi connectivity index (χ1) is 17.0. The number of nitrogens with one attached hydrogen (secondary N) is 6. The smallest absolute Gasteiger partial charge is 0.240 e. The normalized spacial score (nSPS) is 11.9. The Hall–Kier alpha value is -3.83. The summed E-state index contributed by atoms with van der Waals surface area (Å²) in [6.07, 6.45) is 1.56. The number of nitrogens with two attached hydrogens (primary N) is 3. The van der Waals surface area contributed by atoms with Crippen molar-refractivity contribution in [2.24, 2.45) is 17.2 Å². The molecule has 0 radical (unpaired) electrons. The minimum absolute atomic E-state index is 0.313. The lowest BCUT2D eigenvalue weighted by molar-refractivity contribution is -0.130. The molecule has 0 rings (SSSR count). The summed E-state index contributed by atoms with van der Waals surface area (Å²) in [6, 6.07) is -2.07. The van der Waals surface area contributed by atoms with Crippen LogP contribution < -0.4 is 49.1 Å². The van der Waals surface area contributed by atoms with E-state index in [9.17, 15) is 33.6 Å². The molecule has 2 atom stereocenters. The van der Waals surface area contributed by atoms with E-state index >= 15 is 0 Å². The summed E-state index contributed by atoms with van der Waals surface area (Å²) in [5, 5.41) is 22.1. The zero-order valence-electron chi connectivity index (χ0n) is 19.8. The van der Waals surface area contributed by atoms with Gasteiger partial charge in [-0.15, -0.1) is 0 Å². The lowest BCUT2D eigenvalue weighted by Gasteiger charge is -2.15. The van der Waals surface area contributed by atoms with Gasteiger partial charge in [-0.2, -0.15) is 0 Å². The van der Waals surface area contributed by atoms with Crippen molar-refractivity contribution in [1.82, 2.24) is 31.9 Å². The highest BCUT2D eigenvalue weighted by atomic mass is 16.3. The van der Waals surface area contributed by atoms with E-state index in [0.29, 0.717) is 25.8 Å². The number of hydrogen-bond acceptors (Lipinski definition) is 10. The van der Waals surface area contributed by atoms with Crippen LogP contribution in [0.15, 0.2) is 0 Å². The Kier molecular flexibility index (Phi) is 16.5. The summed E-state index contributed by atoms with van der Waals surface area (Å²) in [5.74, 6) is -4.93. The molecule has 0 fully saturated rings. The summed E-state index contributed by atoms with van der Waals surface area (Å²) < 4.78 is 0. The molecule has 204 valence electrons. The number of amides is 7. The van der Waals surface area contributed by atoms with Crippen molar-refractivity contribution in [1.29, 1.82) is 0 Å². The first kappa shape index (κ1) is 32.2. The van der Waals surface area contributed by atoms with Crippen molar-refractivity contribution in [3.8, 4) is 0 Å². The van der Waals surface area contributed by atoms with Crippen molar-refractivity contribution in [2.45, 2.75) is 31.3 Å². The lowest BCUT2D eigenvalue weighted by atomic mass is 10.1. The van der Waals surface area contributed by atoms with Crippen LogP contribution in [0.1, 0.15) is 19.3 Å². The minimum Gasteiger partial charge on any atom is -0.394 e. The zero-order valence-corrected chi connectivity index (χ0v) is 19.8. The first-order valence-electron chi connectivity index (χ1n) is 11.0. The van der Waals surface area contributed by atoms with E-state index in [0.717, 1.165) is 0 Å². The van der Waals surface area contributed by atoms with Gasteiger partial charge in [0.1, 0.15) is 12.1 Å². The van der Waals surface area contributed by atoms with Gasteiger partial charge in [-0.05, 0) is 25.8 Å². The highest BCUT2D eigenvalue weighted by Gasteiger charge is 2.18. The molecule has 0 aliphatic heterocycles. The van der Waals surface area contributed by atoms with Crippen LogP contribution in [0.5, 0.6) is 0 Å². The molecule has 0 aliphatic rings. The average molecular weight is 518 g/mol. The molecule has 0 aromatic rings. The number of rotatable bonds is 18. The molecular weight excluding hydrogens is 482 g/mol. The second-order valence-electron chi connectivity index (χ2n) is 7.42. The Morgan fingerprint density at radius 3 is 1.47 bits per heavy atom. The molecule has 17 heteroatoms. The number of unbranched alkanes of at least 4 members (excludes halogenated alkanes) is 1. The summed E-state index contributed by atoms with van der Waals surface area (Å²) in [4.78, 5) is 81.3. The Morgan fingerprint density at radius 1 is 0.667 bits per heavy atom. The third kappa shape index (κ3) is 15.9. The van der Waals surface area contributed by atoms with E-state index < -0.39 is 92.8 Å². The van der Waals surface area contributed by atoms with Gasteiger partial charge in [-0.25, -0.2) is 0 Å². The SMILES string of the molecule is NCCCC[C@H](NC(=O)CNC(=O)CNC(=O)CNC(=O)CNC(=O)CNC(=O)[C@@H](N)CO)C(N)=O. The Bertz CT molecular complexity index is 793. The molecule has 17 nitrogen and oxygen atoms in total. The van der Waals surface area contributed by atoms with Crippen molar-refractivity contribution in [3.63, 3.8) is 0 Å². The van der Waals surface area contributed by atoms with E-state index in [1.165, 1.54) is 0 Å². The molecule has 0 aliphatic carbocycles. The van der Waals surface area contributed by atoms with Crippen LogP contribution in [0.3, 0.4) is 0 Å². The number of aliphatic hydroxyl groups is 1. The molecule has 0 aromatic carbocycles. The van der Waals surface area contributed by atoms with Crippen molar-refractivity contribution in [2.75, 3.05) is 45.9 Å². The van der Waals surface area contributed by atoms with Crippen molar-refractivity contribution >= 4 is 41.4 Å². The van der Waals surface area contributed by atoms with E-state index in [-0.39, 0.29) is 0 Å². The number of carbonyl (C=O) groups is 7. The van der Waals surface area contributed by atoms with Gasteiger partial charge in [-0.3, -0.25) is 33.6 Å².